The van der Waals surface area contributed by atoms with Gasteiger partial charge >= 0.3 is 6.09 Å². The average molecular weight is 351 g/mol. The maximum Gasteiger partial charge on any atom is 0.413 e. The molecule has 0 aliphatic heterocycles. The predicted molar refractivity (Wildman–Crippen MR) is 95.4 cm³/mol. The van der Waals surface area contributed by atoms with Crippen LogP contribution in [-0.2, 0) is 25.4 Å². The maximum absolute atomic E-state index is 12.1. The van der Waals surface area contributed by atoms with Gasteiger partial charge in [-0.1, -0.05) is 6.07 Å². The summed E-state index contributed by atoms with van der Waals surface area (Å²) in [6.07, 6.45) is 2.77. The standard InChI is InChI=1S/C18H17N5O3/c1-22-11-19-13-8-12(5-6-15(13)22)10-26-18(24)20-17-9-14(21-23(17)2)16-4-3-7-25-16/h3-9,11H,10H2,1-2H3,(H,20,24). The zero-order chi connectivity index (χ0) is 18.1. The van der Waals surface area contributed by atoms with Gasteiger partial charge in [0, 0.05) is 20.2 Å². The molecule has 0 saturated heterocycles. The minimum Gasteiger partial charge on any atom is -0.463 e. The van der Waals surface area contributed by atoms with Gasteiger partial charge in [-0.05, 0) is 29.8 Å². The van der Waals surface area contributed by atoms with Crippen LogP contribution in [0.5, 0.6) is 0 Å². The van der Waals surface area contributed by atoms with Crippen molar-refractivity contribution in [1.82, 2.24) is 19.3 Å². The summed E-state index contributed by atoms with van der Waals surface area (Å²) in [4.78, 5) is 16.4. The van der Waals surface area contributed by atoms with Crippen LogP contribution < -0.4 is 5.32 Å². The smallest absolute Gasteiger partial charge is 0.413 e. The summed E-state index contributed by atoms with van der Waals surface area (Å²) in [6.45, 7) is 0.154. The molecule has 132 valence electrons. The largest absolute Gasteiger partial charge is 0.463 e. The molecule has 0 aliphatic carbocycles. The fourth-order valence-corrected chi connectivity index (χ4v) is 2.69. The van der Waals surface area contributed by atoms with Crippen LogP contribution in [0.2, 0.25) is 0 Å². The Balaban J connectivity index is 1.40. The fourth-order valence-electron chi connectivity index (χ4n) is 2.69. The van der Waals surface area contributed by atoms with Crippen LogP contribution >= 0.6 is 0 Å². The number of hydrogen-bond acceptors (Lipinski definition) is 5. The Hall–Kier alpha value is -3.55. The van der Waals surface area contributed by atoms with E-state index in [1.54, 1.807) is 42.5 Å². The first-order chi connectivity index (χ1) is 12.6. The summed E-state index contributed by atoms with van der Waals surface area (Å²) >= 11 is 0. The van der Waals surface area contributed by atoms with Crippen molar-refractivity contribution in [3.63, 3.8) is 0 Å². The molecule has 1 aromatic carbocycles. The van der Waals surface area contributed by atoms with Crippen molar-refractivity contribution >= 4 is 22.9 Å². The number of rotatable bonds is 4. The molecule has 4 aromatic rings. The van der Waals surface area contributed by atoms with E-state index in [2.05, 4.69) is 15.4 Å². The number of fused-ring (bicyclic) bond motifs is 1. The average Bonchev–Trinajstić information content (AvgIpc) is 3.35. The Kier molecular flexibility index (Phi) is 3.92. The number of furan rings is 1. The van der Waals surface area contributed by atoms with Gasteiger partial charge in [-0.15, -0.1) is 0 Å². The Bertz CT molecular complexity index is 1060. The third kappa shape index (κ3) is 3.04. The Morgan fingerprint density at radius 1 is 1.27 bits per heavy atom. The monoisotopic (exact) mass is 351 g/mol. The molecule has 0 unspecified atom stereocenters. The highest BCUT2D eigenvalue weighted by molar-refractivity contribution is 5.84. The molecule has 3 heterocycles. The van der Waals surface area contributed by atoms with E-state index in [1.165, 1.54) is 0 Å². The number of nitrogens with zero attached hydrogens (tertiary/aromatic N) is 4. The molecule has 26 heavy (non-hydrogen) atoms. The van der Waals surface area contributed by atoms with Crippen LogP contribution in [0.3, 0.4) is 0 Å². The molecule has 1 N–H and O–H groups in total. The third-order valence-electron chi connectivity index (χ3n) is 4.04. The van der Waals surface area contributed by atoms with Gasteiger partial charge in [0.15, 0.2) is 5.76 Å². The molecule has 8 nitrogen and oxygen atoms in total. The van der Waals surface area contributed by atoms with Crippen molar-refractivity contribution in [3.8, 4) is 11.5 Å². The van der Waals surface area contributed by atoms with E-state index < -0.39 is 6.09 Å². The number of benzene rings is 1. The van der Waals surface area contributed by atoms with Crippen molar-refractivity contribution in [2.24, 2.45) is 14.1 Å². The van der Waals surface area contributed by atoms with Gasteiger partial charge in [-0.3, -0.25) is 10.00 Å². The fraction of sp³-hybridized carbons (Fsp3) is 0.167. The number of ether oxygens (including phenoxy) is 1. The Labute approximate surface area is 149 Å². The van der Waals surface area contributed by atoms with E-state index in [-0.39, 0.29) is 6.61 Å². The number of aromatic nitrogens is 4. The van der Waals surface area contributed by atoms with Crippen molar-refractivity contribution in [3.05, 3.63) is 54.6 Å². The normalized spacial score (nSPS) is 11.0. The van der Waals surface area contributed by atoms with Crippen molar-refractivity contribution < 1.29 is 13.9 Å². The van der Waals surface area contributed by atoms with Gasteiger partial charge < -0.3 is 13.7 Å². The number of amides is 1. The summed E-state index contributed by atoms with van der Waals surface area (Å²) in [5.74, 6) is 1.15. The number of aryl methyl sites for hydroxylation is 2. The molecule has 8 heteroatoms. The highest BCUT2D eigenvalue weighted by Gasteiger charge is 2.12. The van der Waals surface area contributed by atoms with Crippen molar-refractivity contribution in [2.75, 3.05) is 5.32 Å². The van der Waals surface area contributed by atoms with Gasteiger partial charge in [0.05, 0.1) is 23.6 Å². The molecular formula is C18H17N5O3. The van der Waals surface area contributed by atoms with Crippen LogP contribution in [0.4, 0.5) is 10.6 Å². The first-order valence-corrected chi connectivity index (χ1v) is 8.02. The predicted octanol–water partition coefficient (Wildman–Crippen LogP) is 3.32. The van der Waals surface area contributed by atoms with Crippen LogP contribution in [0, 0.1) is 0 Å². The van der Waals surface area contributed by atoms with Gasteiger partial charge in [0.1, 0.15) is 18.1 Å². The molecule has 0 fully saturated rings. The third-order valence-corrected chi connectivity index (χ3v) is 4.04. The highest BCUT2D eigenvalue weighted by atomic mass is 16.5. The summed E-state index contributed by atoms with van der Waals surface area (Å²) in [5.41, 5.74) is 3.39. The zero-order valence-corrected chi connectivity index (χ0v) is 14.3. The van der Waals surface area contributed by atoms with Crippen molar-refractivity contribution in [1.29, 1.82) is 0 Å². The van der Waals surface area contributed by atoms with E-state index >= 15 is 0 Å². The van der Waals surface area contributed by atoms with Gasteiger partial charge in [0.25, 0.3) is 0 Å². The second-order valence-corrected chi connectivity index (χ2v) is 5.90. The van der Waals surface area contributed by atoms with Crippen molar-refractivity contribution in [2.45, 2.75) is 6.61 Å². The molecule has 0 spiro atoms. The van der Waals surface area contributed by atoms with Gasteiger partial charge in [-0.25, -0.2) is 9.78 Å². The second kappa shape index (κ2) is 6.40. The lowest BCUT2D eigenvalue weighted by Gasteiger charge is -2.07. The topological polar surface area (TPSA) is 87.1 Å². The molecule has 0 radical (unpaired) electrons. The number of anilines is 1. The lowest BCUT2D eigenvalue weighted by atomic mass is 10.2. The van der Waals surface area contributed by atoms with E-state index in [9.17, 15) is 4.79 Å². The van der Waals surface area contributed by atoms with Crippen LogP contribution in [0.1, 0.15) is 5.56 Å². The molecule has 0 aliphatic rings. The molecule has 1 amide bonds. The number of carbonyl (C=O) groups excluding carboxylic acids is 1. The number of imidazole rings is 1. The molecule has 0 atom stereocenters. The quantitative estimate of drug-likeness (QED) is 0.609. The minimum absolute atomic E-state index is 0.154. The molecule has 4 rings (SSSR count). The molecule has 3 aromatic heterocycles. The highest BCUT2D eigenvalue weighted by Crippen LogP contribution is 2.22. The van der Waals surface area contributed by atoms with Gasteiger partial charge in [-0.2, -0.15) is 5.10 Å². The van der Waals surface area contributed by atoms with Crippen LogP contribution in [-0.4, -0.2) is 25.4 Å². The van der Waals surface area contributed by atoms with E-state index in [1.807, 2.05) is 29.8 Å². The SMILES string of the molecule is Cn1nc(-c2ccco2)cc1NC(=O)OCc1ccc2c(c1)ncn2C. The lowest BCUT2D eigenvalue weighted by molar-refractivity contribution is 0.155. The zero-order valence-electron chi connectivity index (χ0n) is 14.3. The van der Waals surface area contributed by atoms with Crippen LogP contribution in [0.25, 0.3) is 22.5 Å². The first-order valence-electron chi connectivity index (χ1n) is 8.02. The Morgan fingerprint density at radius 3 is 2.96 bits per heavy atom. The lowest BCUT2D eigenvalue weighted by Crippen LogP contribution is -2.15. The van der Waals surface area contributed by atoms with Crippen LogP contribution in [0.15, 0.2) is 53.4 Å². The summed E-state index contributed by atoms with van der Waals surface area (Å²) in [6, 6.07) is 11.1. The van der Waals surface area contributed by atoms with Gasteiger partial charge in [0.2, 0.25) is 0 Å². The Morgan fingerprint density at radius 2 is 2.15 bits per heavy atom. The van der Waals surface area contributed by atoms with E-state index in [4.69, 9.17) is 9.15 Å². The van der Waals surface area contributed by atoms with E-state index in [0.29, 0.717) is 17.3 Å². The number of carbonyl (C=O) groups is 1. The molecular weight excluding hydrogens is 334 g/mol. The second-order valence-electron chi connectivity index (χ2n) is 5.90. The summed E-state index contributed by atoms with van der Waals surface area (Å²) < 4.78 is 14.1. The number of nitrogens with one attached hydrogen (secondary N) is 1. The summed E-state index contributed by atoms with van der Waals surface area (Å²) in [7, 11) is 3.67. The summed E-state index contributed by atoms with van der Waals surface area (Å²) in [5, 5.41) is 6.98. The van der Waals surface area contributed by atoms with E-state index in [0.717, 1.165) is 16.6 Å². The minimum atomic E-state index is -0.555. The molecule has 0 saturated carbocycles. The maximum atomic E-state index is 12.1. The first kappa shape index (κ1) is 15.9. The number of hydrogen-bond donors (Lipinski definition) is 1. The molecule has 0 bridgehead atoms.